The number of benzene rings is 1. The number of aromatic amines is 1. The second kappa shape index (κ2) is 6.38. The van der Waals surface area contributed by atoms with E-state index in [4.69, 9.17) is 14.8 Å². The van der Waals surface area contributed by atoms with E-state index in [1.165, 1.54) is 0 Å². The van der Waals surface area contributed by atoms with Crippen LogP contribution in [0.2, 0.25) is 0 Å². The van der Waals surface area contributed by atoms with Gasteiger partial charge in [-0.15, -0.1) is 5.10 Å². The number of aromatic nitrogens is 7. The third kappa shape index (κ3) is 2.41. The Balaban J connectivity index is 1.46. The fraction of sp³-hybridized carbons (Fsp3) is 0.273. The molecular weight excluding hydrogens is 406 g/mol. The van der Waals surface area contributed by atoms with Gasteiger partial charge in [-0.2, -0.15) is 5.10 Å². The topological polar surface area (TPSA) is 110 Å². The van der Waals surface area contributed by atoms with E-state index in [1.807, 2.05) is 42.3 Å². The maximum atomic E-state index is 6.26. The molecule has 5 aromatic rings. The number of hydrogen-bond donors (Lipinski definition) is 3. The van der Waals surface area contributed by atoms with Gasteiger partial charge in [-0.1, -0.05) is 18.2 Å². The molecule has 4 atom stereocenters. The van der Waals surface area contributed by atoms with Crippen LogP contribution < -0.4 is 15.6 Å². The summed E-state index contributed by atoms with van der Waals surface area (Å²) < 4.78 is 9.85. The van der Waals surface area contributed by atoms with Crippen molar-refractivity contribution in [3.05, 3.63) is 60.3 Å². The molecule has 10 nitrogen and oxygen atoms in total. The second-order valence-electron chi connectivity index (χ2n) is 8.53. The van der Waals surface area contributed by atoms with E-state index >= 15 is 0 Å². The molecule has 1 aromatic carbocycles. The van der Waals surface area contributed by atoms with Crippen LogP contribution in [-0.4, -0.2) is 46.6 Å². The Morgan fingerprint density at radius 3 is 2.94 bits per heavy atom. The van der Waals surface area contributed by atoms with Crippen molar-refractivity contribution in [1.82, 2.24) is 45.2 Å². The Bertz CT molecular complexity index is 1480. The minimum atomic E-state index is -0.186. The molecule has 0 bridgehead atoms. The largest absolute Gasteiger partial charge is 0.457 e. The van der Waals surface area contributed by atoms with E-state index in [-0.39, 0.29) is 24.1 Å². The average Bonchev–Trinajstić information content (AvgIpc) is 3.57. The summed E-state index contributed by atoms with van der Waals surface area (Å²) in [6.45, 7) is 2.16. The summed E-state index contributed by atoms with van der Waals surface area (Å²) >= 11 is 0. The van der Waals surface area contributed by atoms with Crippen molar-refractivity contribution in [3.8, 4) is 17.3 Å². The van der Waals surface area contributed by atoms with E-state index in [0.29, 0.717) is 11.7 Å². The van der Waals surface area contributed by atoms with Gasteiger partial charge in [-0.05, 0) is 18.6 Å². The highest BCUT2D eigenvalue weighted by molar-refractivity contribution is 5.94. The predicted octanol–water partition coefficient (Wildman–Crippen LogP) is 1.97. The highest BCUT2D eigenvalue weighted by Gasteiger charge is 2.48. The fourth-order valence-corrected chi connectivity index (χ4v) is 5.14. The van der Waals surface area contributed by atoms with E-state index in [1.54, 1.807) is 10.8 Å². The summed E-state index contributed by atoms with van der Waals surface area (Å²) in [4.78, 5) is 12.9. The molecule has 10 heteroatoms. The Labute approximate surface area is 182 Å². The third-order valence-electron chi connectivity index (χ3n) is 6.62. The summed E-state index contributed by atoms with van der Waals surface area (Å²) in [6, 6.07) is 8.34. The number of aryl methyl sites for hydroxylation is 1. The van der Waals surface area contributed by atoms with Crippen LogP contribution in [0.1, 0.15) is 24.0 Å². The lowest BCUT2D eigenvalue weighted by Gasteiger charge is -2.35. The molecule has 1 saturated heterocycles. The summed E-state index contributed by atoms with van der Waals surface area (Å²) in [5, 5.41) is 10.3. The number of ether oxygens (including phenoxy) is 1. The third-order valence-corrected chi connectivity index (χ3v) is 6.62. The lowest BCUT2D eigenvalue weighted by atomic mass is 9.77. The molecule has 4 unspecified atom stereocenters. The molecule has 0 spiro atoms. The first-order valence-corrected chi connectivity index (χ1v) is 10.7. The molecule has 0 amide bonds. The predicted molar refractivity (Wildman–Crippen MR) is 117 cm³/mol. The molecule has 0 radical (unpaired) electrons. The Morgan fingerprint density at radius 2 is 2.06 bits per heavy atom. The summed E-state index contributed by atoms with van der Waals surface area (Å²) in [7, 11) is 1.93. The second-order valence-corrected chi connectivity index (χ2v) is 8.53. The van der Waals surface area contributed by atoms with Crippen LogP contribution in [0.5, 0.6) is 5.88 Å². The minimum Gasteiger partial charge on any atom is -0.457 e. The van der Waals surface area contributed by atoms with Crippen molar-refractivity contribution in [3.63, 3.8) is 0 Å². The van der Waals surface area contributed by atoms with Crippen molar-refractivity contribution >= 4 is 16.6 Å². The molecule has 32 heavy (non-hydrogen) atoms. The van der Waals surface area contributed by atoms with Gasteiger partial charge in [0.1, 0.15) is 6.33 Å². The molecule has 2 aliphatic rings. The van der Waals surface area contributed by atoms with Gasteiger partial charge in [0, 0.05) is 53.8 Å². The van der Waals surface area contributed by atoms with Crippen LogP contribution in [0.3, 0.4) is 0 Å². The van der Waals surface area contributed by atoms with E-state index in [2.05, 4.69) is 45.1 Å². The van der Waals surface area contributed by atoms with Gasteiger partial charge >= 0.3 is 0 Å². The van der Waals surface area contributed by atoms with Gasteiger partial charge in [0.15, 0.2) is 17.7 Å². The van der Waals surface area contributed by atoms with Crippen molar-refractivity contribution in [2.24, 2.45) is 13.0 Å². The first-order chi connectivity index (χ1) is 15.7. The number of H-pyrrole nitrogens is 1. The zero-order valence-corrected chi connectivity index (χ0v) is 17.5. The molecule has 7 rings (SSSR count). The van der Waals surface area contributed by atoms with E-state index in [9.17, 15) is 0 Å². The maximum absolute atomic E-state index is 6.26. The van der Waals surface area contributed by atoms with Gasteiger partial charge in [0.05, 0.1) is 11.8 Å². The molecule has 0 saturated carbocycles. The number of fused-ring (bicyclic) bond motifs is 5. The van der Waals surface area contributed by atoms with Crippen molar-refractivity contribution in [1.29, 1.82) is 0 Å². The highest BCUT2D eigenvalue weighted by Crippen LogP contribution is 2.46. The molecule has 3 N–H and O–H groups in total. The number of hydrazine groups is 1. The molecule has 2 aliphatic heterocycles. The smallest absolute Gasteiger partial charge is 0.224 e. The minimum absolute atomic E-state index is 0.00571. The van der Waals surface area contributed by atoms with Crippen LogP contribution in [0, 0.1) is 5.92 Å². The Hall–Kier alpha value is -3.76. The zero-order chi connectivity index (χ0) is 21.4. The van der Waals surface area contributed by atoms with E-state index < -0.39 is 0 Å². The maximum Gasteiger partial charge on any atom is 0.224 e. The summed E-state index contributed by atoms with van der Waals surface area (Å²) in [6.07, 6.45) is 7.42. The van der Waals surface area contributed by atoms with Gasteiger partial charge in [0.2, 0.25) is 5.88 Å². The van der Waals surface area contributed by atoms with Crippen molar-refractivity contribution < 1.29 is 4.74 Å². The van der Waals surface area contributed by atoms with Gasteiger partial charge in [0.25, 0.3) is 0 Å². The van der Waals surface area contributed by atoms with Gasteiger partial charge < -0.3 is 9.72 Å². The number of para-hydroxylation sites is 1. The normalized spacial score (nSPS) is 24.6. The van der Waals surface area contributed by atoms with Crippen LogP contribution in [0.25, 0.3) is 27.9 Å². The standard InChI is InChI=1S/C22H21N9O/c1-11-16-17(12-7-25-30(2)9-12)18-20-26-19(14-8-23-15-6-4-3-5-13(14)15)29-31(20)10-24-21(18)32-22(16)28-27-11/h3-11,16-17,22-23,27-28H,1-2H3. The van der Waals surface area contributed by atoms with Gasteiger partial charge in [-0.3, -0.25) is 10.1 Å². The Morgan fingerprint density at radius 1 is 1.16 bits per heavy atom. The first kappa shape index (κ1) is 17.9. The van der Waals surface area contributed by atoms with Crippen molar-refractivity contribution in [2.75, 3.05) is 0 Å². The molecular formula is C22H21N9O. The average molecular weight is 427 g/mol. The Kier molecular flexibility index (Phi) is 3.56. The van der Waals surface area contributed by atoms with Crippen LogP contribution in [-0.2, 0) is 7.05 Å². The zero-order valence-electron chi connectivity index (χ0n) is 17.5. The molecule has 160 valence electrons. The first-order valence-electron chi connectivity index (χ1n) is 10.7. The summed E-state index contributed by atoms with van der Waals surface area (Å²) in [5.41, 5.74) is 11.4. The number of nitrogens with one attached hydrogen (secondary N) is 3. The lowest BCUT2D eigenvalue weighted by molar-refractivity contribution is 0.0969. The fourth-order valence-electron chi connectivity index (χ4n) is 5.14. The van der Waals surface area contributed by atoms with Gasteiger partial charge in [-0.25, -0.2) is 19.9 Å². The molecule has 0 aliphatic carbocycles. The number of hydrogen-bond acceptors (Lipinski definition) is 7. The van der Waals surface area contributed by atoms with Crippen LogP contribution in [0.15, 0.2) is 49.2 Å². The van der Waals surface area contributed by atoms with Crippen LogP contribution >= 0.6 is 0 Å². The number of rotatable bonds is 2. The summed E-state index contributed by atoms with van der Waals surface area (Å²) in [5.74, 6) is 1.38. The quantitative estimate of drug-likeness (QED) is 0.395. The molecule has 4 aromatic heterocycles. The number of nitrogens with zero attached hydrogens (tertiary/aromatic N) is 6. The molecule has 6 heterocycles. The van der Waals surface area contributed by atoms with Crippen LogP contribution in [0.4, 0.5) is 0 Å². The SMILES string of the molecule is CC1NNC2Oc3ncn4nc(-c5c[nH]c6ccccc56)nc4c3C(c3cnn(C)c3)C12. The monoisotopic (exact) mass is 427 g/mol. The van der Waals surface area contributed by atoms with E-state index in [0.717, 1.165) is 33.2 Å². The highest BCUT2D eigenvalue weighted by atomic mass is 16.5. The van der Waals surface area contributed by atoms with Crippen molar-refractivity contribution in [2.45, 2.75) is 25.1 Å². The lowest BCUT2D eigenvalue weighted by Crippen LogP contribution is -2.42. The molecule has 1 fully saturated rings.